The fraction of sp³-hybridized carbons (Fsp3) is 0.217. The predicted molar refractivity (Wildman–Crippen MR) is 111 cm³/mol. The van der Waals surface area contributed by atoms with Crippen LogP contribution < -0.4 is 11.1 Å². The minimum Gasteiger partial charge on any atom is -0.380 e. The molecule has 0 bridgehead atoms. The van der Waals surface area contributed by atoms with Gasteiger partial charge in [-0.15, -0.1) is 0 Å². The lowest BCUT2D eigenvalue weighted by atomic mass is 9.85. The Labute approximate surface area is 160 Å². The van der Waals surface area contributed by atoms with Crippen LogP contribution in [0.5, 0.6) is 0 Å². The first-order valence-electron chi connectivity index (χ1n) is 9.03. The Hall–Kier alpha value is -3.14. The molecule has 4 nitrogen and oxygen atoms in total. The topological polar surface area (TPSA) is 68.0 Å². The number of carbonyl (C=O) groups is 1. The van der Waals surface area contributed by atoms with E-state index in [0.29, 0.717) is 12.1 Å². The molecule has 2 aromatic carbocycles. The molecule has 0 spiro atoms. The summed E-state index contributed by atoms with van der Waals surface area (Å²) in [7, 11) is 0. The molecule has 27 heavy (non-hydrogen) atoms. The van der Waals surface area contributed by atoms with Gasteiger partial charge < -0.3 is 11.1 Å². The lowest BCUT2D eigenvalue weighted by Gasteiger charge is -2.21. The van der Waals surface area contributed by atoms with Crippen molar-refractivity contribution >= 4 is 11.6 Å². The van der Waals surface area contributed by atoms with Crippen molar-refractivity contribution in [3.8, 4) is 11.1 Å². The third-order valence-corrected chi connectivity index (χ3v) is 4.59. The van der Waals surface area contributed by atoms with Gasteiger partial charge in [0.25, 0.3) is 5.91 Å². The lowest BCUT2D eigenvalue weighted by Crippen LogP contribution is -2.15. The first kappa shape index (κ1) is 18.6. The number of amides is 1. The normalized spacial score (nSPS) is 11.2. The van der Waals surface area contributed by atoms with Gasteiger partial charge in [-0.3, -0.25) is 9.78 Å². The molecule has 0 unspecified atom stereocenters. The first-order chi connectivity index (χ1) is 12.9. The number of nitrogens with zero attached hydrogens (tertiary/aromatic N) is 1. The third-order valence-electron chi connectivity index (χ3n) is 4.59. The number of pyridine rings is 1. The molecule has 3 N–H and O–H groups in total. The van der Waals surface area contributed by atoms with E-state index in [1.807, 2.05) is 24.3 Å². The van der Waals surface area contributed by atoms with Crippen LogP contribution >= 0.6 is 0 Å². The Bertz CT molecular complexity index is 943. The summed E-state index contributed by atoms with van der Waals surface area (Å²) in [4.78, 5) is 16.1. The molecule has 0 saturated heterocycles. The summed E-state index contributed by atoms with van der Waals surface area (Å²) >= 11 is 0. The number of carbonyl (C=O) groups excluding carboxylic acids is 1. The van der Waals surface area contributed by atoms with Crippen molar-refractivity contribution in [1.82, 2.24) is 4.98 Å². The van der Waals surface area contributed by atoms with Crippen LogP contribution in [-0.4, -0.2) is 10.9 Å². The van der Waals surface area contributed by atoms with Crippen LogP contribution in [0.2, 0.25) is 0 Å². The van der Waals surface area contributed by atoms with Gasteiger partial charge in [0.15, 0.2) is 0 Å². The molecule has 1 heterocycles. The molecule has 0 fully saturated rings. The van der Waals surface area contributed by atoms with Gasteiger partial charge in [-0.1, -0.05) is 57.2 Å². The molecule has 0 atom stereocenters. The minimum absolute atomic E-state index is 0.0436. The van der Waals surface area contributed by atoms with E-state index in [1.54, 1.807) is 18.5 Å². The Morgan fingerprint density at radius 2 is 1.74 bits per heavy atom. The van der Waals surface area contributed by atoms with Gasteiger partial charge >= 0.3 is 0 Å². The van der Waals surface area contributed by atoms with Crippen LogP contribution in [-0.2, 0) is 12.0 Å². The van der Waals surface area contributed by atoms with E-state index in [-0.39, 0.29) is 5.41 Å². The number of nitrogens with one attached hydrogen (secondary N) is 1. The van der Waals surface area contributed by atoms with Crippen LogP contribution in [0, 0.1) is 0 Å². The van der Waals surface area contributed by atoms with Crippen LogP contribution in [0.3, 0.4) is 0 Å². The largest absolute Gasteiger partial charge is 0.380 e. The molecule has 4 heteroatoms. The molecule has 1 amide bonds. The summed E-state index contributed by atoms with van der Waals surface area (Å²) in [5, 5.41) is 3.41. The summed E-state index contributed by atoms with van der Waals surface area (Å²) in [6.45, 7) is 7.15. The molecule has 0 aliphatic heterocycles. The number of nitrogens with two attached hydrogens (primary N) is 1. The molecule has 0 aliphatic rings. The highest BCUT2D eigenvalue weighted by atomic mass is 16.1. The van der Waals surface area contributed by atoms with Crippen molar-refractivity contribution in [2.45, 2.75) is 32.7 Å². The highest BCUT2D eigenvalue weighted by molar-refractivity contribution is 6.02. The molecular weight excluding hydrogens is 334 g/mol. The molecule has 0 radical (unpaired) electrons. The summed E-state index contributed by atoms with van der Waals surface area (Å²) in [6.07, 6.45) is 3.51. The maximum atomic E-state index is 12.0. The number of hydrogen-bond donors (Lipinski definition) is 2. The van der Waals surface area contributed by atoms with E-state index < -0.39 is 5.91 Å². The zero-order valence-electron chi connectivity index (χ0n) is 16.0. The quantitative estimate of drug-likeness (QED) is 0.690. The van der Waals surface area contributed by atoms with Gasteiger partial charge in [0, 0.05) is 24.5 Å². The molecule has 138 valence electrons. The number of primary amides is 1. The number of hydrogen-bond acceptors (Lipinski definition) is 3. The van der Waals surface area contributed by atoms with Crippen molar-refractivity contribution in [3.63, 3.8) is 0 Å². The monoisotopic (exact) mass is 359 g/mol. The zero-order valence-corrected chi connectivity index (χ0v) is 16.0. The Morgan fingerprint density at radius 1 is 1.04 bits per heavy atom. The van der Waals surface area contributed by atoms with Crippen molar-refractivity contribution < 1.29 is 4.79 Å². The van der Waals surface area contributed by atoms with Crippen molar-refractivity contribution in [1.29, 1.82) is 0 Å². The summed E-state index contributed by atoms with van der Waals surface area (Å²) < 4.78 is 0. The van der Waals surface area contributed by atoms with Gasteiger partial charge in [0.2, 0.25) is 0 Å². The Balaban J connectivity index is 2.05. The standard InChI is InChI=1S/C23H25N3O/c1-23(2,3)18-7-4-6-17(14-18)19-8-5-9-20(22(24)27)21(19)26-15-16-10-12-25-13-11-16/h4-14,26H,15H2,1-3H3,(H2,24,27). The number of rotatable bonds is 5. The average Bonchev–Trinajstić information content (AvgIpc) is 2.66. The number of benzene rings is 2. The fourth-order valence-electron chi connectivity index (χ4n) is 3.03. The van der Waals surface area contributed by atoms with Gasteiger partial charge in [-0.25, -0.2) is 0 Å². The number of aromatic nitrogens is 1. The van der Waals surface area contributed by atoms with Crippen molar-refractivity contribution in [2.24, 2.45) is 5.73 Å². The second-order valence-electron chi connectivity index (χ2n) is 7.63. The van der Waals surface area contributed by atoms with E-state index in [2.05, 4.69) is 55.3 Å². The maximum Gasteiger partial charge on any atom is 0.250 e. The third kappa shape index (κ3) is 4.34. The maximum absolute atomic E-state index is 12.0. The average molecular weight is 359 g/mol. The van der Waals surface area contributed by atoms with E-state index in [9.17, 15) is 4.79 Å². The van der Waals surface area contributed by atoms with Crippen LogP contribution in [0.15, 0.2) is 67.0 Å². The zero-order chi connectivity index (χ0) is 19.4. The van der Waals surface area contributed by atoms with E-state index >= 15 is 0 Å². The van der Waals surface area contributed by atoms with E-state index in [1.165, 1.54) is 5.56 Å². The van der Waals surface area contributed by atoms with Gasteiger partial charge in [-0.05, 0) is 40.3 Å². The second kappa shape index (κ2) is 7.62. The lowest BCUT2D eigenvalue weighted by molar-refractivity contribution is 0.100. The summed E-state index contributed by atoms with van der Waals surface area (Å²) in [5.74, 6) is -0.443. The summed E-state index contributed by atoms with van der Waals surface area (Å²) in [5.41, 5.74) is 11.3. The molecule has 0 saturated carbocycles. The molecular formula is C23H25N3O. The number of anilines is 1. The van der Waals surface area contributed by atoms with Crippen LogP contribution in [0.25, 0.3) is 11.1 Å². The number of para-hydroxylation sites is 1. The van der Waals surface area contributed by atoms with Crippen molar-refractivity contribution in [3.05, 3.63) is 83.7 Å². The van der Waals surface area contributed by atoms with Gasteiger partial charge in [-0.2, -0.15) is 0 Å². The smallest absolute Gasteiger partial charge is 0.250 e. The summed E-state index contributed by atoms with van der Waals surface area (Å²) in [6, 6.07) is 18.0. The van der Waals surface area contributed by atoms with Gasteiger partial charge in [0.05, 0.1) is 11.3 Å². The van der Waals surface area contributed by atoms with Crippen LogP contribution in [0.1, 0.15) is 42.3 Å². The SMILES string of the molecule is CC(C)(C)c1cccc(-c2cccc(C(N)=O)c2NCc2ccncc2)c1. The highest BCUT2D eigenvalue weighted by Gasteiger charge is 2.17. The second-order valence-corrected chi connectivity index (χ2v) is 7.63. The molecule has 0 aliphatic carbocycles. The van der Waals surface area contributed by atoms with E-state index in [4.69, 9.17) is 5.73 Å². The Kier molecular flexibility index (Phi) is 5.26. The predicted octanol–water partition coefficient (Wildman–Crippen LogP) is 4.76. The van der Waals surface area contributed by atoms with Crippen molar-refractivity contribution in [2.75, 3.05) is 5.32 Å². The highest BCUT2D eigenvalue weighted by Crippen LogP contribution is 2.34. The molecule has 3 aromatic rings. The first-order valence-corrected chi connectivity index (χ1v) is 9.03. The van der Waals surface area contributed by atoms with E-state index in [0.717, 1.165) is 22.4 Å². The minimum atomic E-state index is -0.443. The van der Waals surface area contributed by atoms with Crippen LogP contribution in [0.4, 0.5) is 5.69 Å². The molecule has 3 rings (SSSR count). The molecule has 1 aromatic heterocycles. The fourth-order valence-corrected chi connectivity index (χ4v) is 3.03. The van der Waals surface area contributed by atoms with Gasteiger partial charge in [0.1, 0.15) is 0 Å². The Morgan fingerprint density at radius 3 is 2.41 bits per heavy atom.